The van der Waals surface area contributed by atoms with Gasteiger partial charge in [0.25, 0.3) is 0 Å². The Balaban J connectivity index is 1.92. The van der Waals surface area contributed by atoms with Crippen molar-refractivity contribution in [2.24, 2.45) is 0 Å². The van der Waals surface area contributed by atoms with Gasteiger partial charge in [-0.2, -0.15) is 0 Å². The Labute approximate surface area is 131 Å². The van der Waals surface area contributed by atoms with E-state index in [0.717, 1.165) is 12.1 Å². The standard InChI is InChI=1S/C14H12Cl3NS/c15-8-6-10(16)14(11(17)7-8)18-12-2-1-3-13-9(12)4-5-19-13/h4-7,12,18H,1-3H2. The third kappa shape index (κ3) is 2.73. The van der Waals surface area contributed by atoms with E-state index in [-0.39, 0.29) is 6.04 Å². The van der Waals surface area contributed by atoms with Crippen molar-refractivity contribution in [2.75, 3.05) is 5.32 Å². The minimum absolute atomic E-state index is 0.283. The summed E-state index contributed by atoms with van der Waals surface area (Å²) >= 11 is 20.2. The van der Waals surface area contributed by atoms with E-state index in [9.17, 15) is 0 Å². The zero-order valence-electron chi connectivity index (χ0n) is 10.1. The van der Waals surface area contributed by atoms with Crippen LogP contribution in [-0.2, 0) is 6.42 Å². The smallest absolute Gasteiger partial charge is 0.0724 e. The van der Waals surface area contributed by atoms with Gasteiger partial charge in [-0.15, -0.1) is 11.3 Å². The molecule has 0 bridgehead atoms. The maximum atomic E-state index is 6.23. The van der Waals surface area contributed by atoms with E-state index in [0.29, 0.717) is 15.1 Å². The zero-order chi connectivity index (χ0) is 13.4. The molecule has 5 heteroatoms. The number of fused-ring (bicyclic) bond motifs is 1. The van der Waals surface area contributed by atoms with Gasteiger partial charge in [-0.05, 0) is 48.4 Å². The van der Waals surface area contributed by atoms with E-state index < -0.39 is 0 Å². The average Bonchev–Trinajstić information content (AvgIpc) is 2.82. The second kappa shape index (κ2) is 5.53. The van der Waals surface area contributed by atoms with E-state index in [2.05, 4.69) is 16.8 Å². The Bertz CT molecular complexity index is 585. The summed E-state index contributed by atoms with van der Waals surface area (Å²) in [5.41, 5.74) is 2.15. The summed E-state index contributed by atoms with van der Waals surface area (Å²) in [6.45, 7) is 0. The summed E-state index contributed by atoms with van der Waals surface area (Å²) in [6, 6.07) is 5.91. The Hall–Kier alpha value is -0.410. The lowest BCUT2D eigenvalue weighted by Crippen LogP contribution is -2.16. The number of halogens is 3. The van der Waals surface area contributed by atoms with Crippen molar-refractivity contribution in [3.8, 4) is 0 Å². The molecule has 0 saturated carbocycles. The second-order valence-corrected chi connectivity index (χ2v) is 6.88. The molecule has 1 aliphatic carbocycles. The van der Waals surface area contributed by atoms with Crippen LogP contribution in [0.25, 0.3) is 0 Å². The monoisotopic (exact) mass is 331 g/mol. The predicted octanol–water partition coefficient (Wildman–Crippen LogP) is 6.20. The molecule has 1 unspecified atom stereocenters. The highest BCUT2D eigenvalue weighted by Gasteiger charge is 2.22. The van der Waals surface area contributed by atoms with Crippen molar-refractivity contribution in [1.29, 1.82) is 0 Å². The van der Waals surface area contributed by atoms with Crippen molar-refractivity contribution in [3.63, 3.8) is 0 Å². The predicted molar refractivity (Wildman–Crippen MR) is 85.1 cm³/mol. The molecular formula is C14H12Cl3NS. The number of benzene rings is 1. The first kappa shape index (κ1) is 13.6. The van der Waals surface area contributed by atoms with Gasteiger partial charge in [0.1, 0.15) is 0 Å². The molecule has 0 radical (unpaired) electrons. The molecule has 19 heavy (non-hydrogen) atoms. The molecule has 1 aromatic heterocycles. The fraction of sp³-hybridized carbons (Fsp3) is 0.286. The van der Waals surface area contributed by atoms with E-state index in [1.165, 1.54) is 23.3 Å². The highest BCUT2D eigenvalue weighted by Crippen LogP contribution is 2.40. The van der Waals surface area contributed by atoms with Gasteiger partial charge in [0.2, 0.25) is 0 Å². The Kier molecular flexibility index (Phi) is 3.95. The minimum atomic E-state index is 0.283. The van der Waals surface area contributed by atoms with Crippen LogP contribution in [0, 0.1) is 0 Å². The summed E-state index contributed by atoms with van der Waals surface area (Å²) in [5.74, 6) is 0. The van der Waals surface area contributed by atoms with Crippen molar-refractivity contribution in [1.82, 2.24) is 0 Å². The van der Waals surface area contributed by atoms with Crippen LogP contribution in [-0.4, -0.2) is 0 Å². The number of hydrogen-bond donors (Lipinski definition) is 1. The SMILES string of the molecule is Clc1cc(Cl)c(NC2CCCc3sccc32)c(Cl)c1. The fourth-order valence-electron chi connectivity index (χ4n) is 2.49. The highest BCUT2D eigenvalue weighted by molar-refractivity contribution is 7.10. The normalized spacial score (nSPS) is 18.2. The van der Waals surface area contributed by atoms with Gasteiger partial charge in [-0.1, -0.05) is 34.8 Å². The molecule has 0 amide bonds. The lowest BCUT2D eigenvalue weighted by Gasteiger charge is -2.25. The van der Waals surface area contributed by atoms with Crippen LogP contribution in [0.2, 0.25) is 15.1 Å². The first-order valence-corrected chi connectivity index (χ1v) is 8.14. The van der Waals surface area contributed by atoms with Gasteiger partial charge >= 0.3 is 0 Å². The molecule has 1 atom stereocenters. The Morgan fingerprint density at radius 1 is 1.16 bits per heavy atom. The summed E-state index contributed by atoms with van der Waals surface area (Å²) in [7, 11) is 0. The number of thiophene rings is 1. The van der Waals surface area contributed by atoms with Crippen LogP contribution >= 0.6 is 46.1 Å². The summed E-state index contributed by atoms with van der Waals surface area (Å²) in [4.78, 5) is 1.46. The van der Waals surface area contributed by atoms with Gasteiger partial charge < -0.3 is 5.32 Å². The molecule has 3 rings (SSSR count). The molecule has 0 saturated heterocycles. The molecule has 1 aliphatic rings. The van der Waals surface area contributed by atoms with Crippen LogP contribution in [0.3, 0.4) is 0 Å². The summed E-state index contributed by atoms with van der Waals surface area (Å²) in [5, 5.41) is 7.31. The highest BCUT2D eigenvalue weighted by atomic mass is 35.5. The third-order valence-corrected chi connectivity index (χ3v) is 5.19. The van der Waals surface area contributed by atoms with E-state index >= 15 is 0 Å². The molecule has 2 aromatic rings. The van der Waals surface area contributed by atoms with Crippen LogP contribution in [0.5, 0.6) is 0 Å². The Morgan fingerprint density at radius 2 is 1.89 bits per heavy atom. The lowest BCUT2D eigenvalue weighted by atomic mass is 9.94. The Morgan fingerprint density at radius 3 is 2.63 bits per heavy atom. The molecule has 1 nitrogen and oxygen atoms in total. The van der Waals surface area contributed by atoms with Gasteiger partial charge in [0.15, 0.2) is 0 Å². The first-order valence-electron chi connectivity index (χ1n) is 6.12. The van der Waals surface area contributed by atoms with Crippen LogP contribution < -0.4 is 5.32 Å². The molecule has 1 N–H and O–H groups in total. The second-order valence-electron chi connectivity index (χ2n) is 4.63. The van der Waals surface area contributed by atoms with Crippen molar-refractivity contribution in [3.05, 3.63) is 49.1 Å². The fourth-order valence-corrected chi connectivity index (χ4v) is 4.40. The number of nitrogens with one attached hydrogen (secondary N) is 1. The molecule has 0 spiro atoms. The number of anilines is 1. The quantitative estimate of drug-likeness (QED) is 0.690. The van der Waals surface area contributed by atoms with Gasteiger partial charge in [-0.25, -0.2) is 0 Å². The zero-order valence-corrected chi connectivity index (χ0v) is 13.1. The van der Waals surface area contributed by atoms with Gasteiger partial charge in [-0.3, -0.25) is 0 Å². The number of aryl methyl sites for hydroxylation is 1. The molecule has 0 aliphatic heterocycles. The van der Waals surface area contributed by atoms with E-state index in [4.69, 9.17) is 34.8 Å². The molecule has 100 valence electrons. The van der Waals surface area contributed by atoms with Gasteiger partial charge in [0.05, 0.1) is 21.8 Å². The maximum absolute atomic E-state index is 6.23. The molecule has 1 aromatic carbocycles. The van der Waals surface area contributed by atoms with Crippen LogP contribution in [0.1, 0.15) is 29.3 Å². The molecule has 0 fully saturated rings. The van der Waals surface area contributed by atoms with Crippen LogP contribution in [0.15, 0.2) is 23.6 Å². The van der Waals surface area contributed by atoms with E-state index in [1.54, 1.807) is 12.1 Å². The summed E-state index contributed by atoms with van der Waals surface area (Å²) < 4.78 is 0. The number of hydrogen-bond acceptors (Lipinski definition) is 2. The maximum Gasteiger partial charge on any atom is 0.0724 e. The molecular weight excluding hydrogens is 321 g/mol. The van der Waals surface area contributed by atoms with Crippen molar-refractivity contribution in [2.45, 2.75) is 25.3 Å². The summed E-state index contributed by atoms with van der Waals surface area (Å²) in [6.07, 6.45) is 3.46. The van der Waals surface area contributed by atoms with E-state index in [1.807, 2.05) is 11.3 Å². The first-order chi connectivity index (χ1) is 9.15. The number of rotatable bonds is 2. The average molecular weight is 333 g/mol. The lowest BCUT2D eigenvalue weighted by molar-refractivity contribution is 0.609. The van der Waals surface area contributed by atoms with Crippen LogP contribution in [0.4, 0.5) is 5.69 Å². The topological polar surface area (TPSA) is 12.0 Å². The van der Waals surface area contributed by atoms with Crippen molar-refractivity contribution < 1.29 is 0 Å². The van der Waals surface area contributed by atoms with Gasteiger partial charge in [0, 0.05) is 9.90 Å². The largest absolute Gasteiger partial charge is 0.376 e. The third-order valence-electron chi connectivity index (χ3n) is 3.38. The molecule has 1 heterocycles. The minimum Gasteiger partial charge on any atom is -0.376 e. The van der Waals surface area contributed by atoms with Crippen molar-refractivity contribution >= 4 is 51.8 Å².